The Morgan fingerprint density at radius 1 is 1.50 bits per heavy atom. The van der Waals surface area contributed by atoms with Crippen LogP contribution in [0.15, 0.2) is 24.4 Å². The molecule has 0 radical (unpaired) electrons. The number of nitrogen functional groups attached to an aromatic ring is 1. The summed E-state index contributed by atoms with van der Waals surface area (Å²) < 4.78 is 0. The molecule has 0 aromatic carbocycles. The molecule has 2 rings (SSSR count). The van der Waals surface area contributed by atoms with Gasteiger partial charge in [-0.05, 0) is 32.0 Å². The van der Waals surface area contributed by atoms with E-state index in [0.29, 0.717) is 11.4 Å². The summed E-state index contributed by atoms with van der Waals surface area (Å²) in [6, 6.07) is 5.85. The molecule has 0 aliphatic rings. The summed E-state index contributed by atoms with van der Waals surface area (Å²) in [5, 5.41) is 0. The standard InChI is InChI=1S/C13H17N3OS/c1-8-4-5-12(18-8)9(2)16(3)13(17)11-6-10(14)7-15-11/h4-7,9,15H,14H2,1-3H3. The second-order valence-corrected chi connectivity index (χ2v) is 5.71. The summed E-state index contributed by atoms with van der Waals surface area (Å²) in [5.41, 5.74) is 6.71. The molecule has 1 unspecified atom stereocenters. The quantitative estimate of drug-likeness (QED) is 0.894. The minimum atomic E-state index is -0.0507. The van der Waals surface area contributed by atoms with E-state index in [0.717, 1.165) is 0 Å². The summed E-state index contributed by atoms with van der Waals surface area (Å²) in [4.78, 5) is 19.3. The van der Waals surface area contributed by atoms with Gasteiger partial charge in [-0.3, -0.25) is 4.79 Å². The molecule has 1 atom stereocenters. The third-order valence-corrected chi connectivity index (χ3v) is 4.18. The predicted octanol–water partition coefficient (Wildman–Crippen LogP) is 2.80. The number of nitrogens with zero attached hydrogens (tertiary/aromatic N) is 1. The molecule has 2 aromatic heterocycles. The fourth-order valence-electron chi connectivity index (χ4n) is 1.77. The number of hydrogen-bond acceptors (Lipinski definition) is 3. The molecule has 96 valence electrons. The third-order valence-electron chi connectivity index (χ3n) is 3.01. The average molecular weight is 263 g/mol. The highest BCUT2D eigenvalue weighted by molar-refractivity contribution is 7.12. The molecule has 0 saturated heterocycles. The first-order valence-corrected chi connectivity index (χ1v) is 6.58. The van der Waals surface area contributed by atoms with Crippen molar-refractivity contribution in [3.8, 4) is 0 Å². The van der Waals surface area contributed by atoms with Crippen molar-refractivity contribution < 1.29 is 4.79 Å². The molecule has 0 spiro atoms. The minimum absolute atomic E-state index is 0.0507. The van der Waals surface area contributed by atoms with Crippen molar-refractivity contribution in [2.75, 3.05) is 12.8 Å². The lowest BCUT2D eigenvalue weighted by Gasteiger charge is -2.23. The van der Waals surface area contributed by atoms with Crippen LogP contribution in [0.1, 0.15) is 33.2 Å². The van der Waals surface area contributed by atoms with Gasteiger partial charge in [0, 0.05) is 28.7 Å². The largest absolute Gasteiger partial charge is 0.397 e. The average Bonchev–Trinajstić information content (AvgIpc) is 2.95. The molecule has 1 amide bonds. The number of carbonyl (C=O) groups excluding carboxylic acids is 1. The van der Waals surface area contributed by atoms with E-state index < -0.39 is 0 Å². The number of carbonyl (C=O) groups is 1. The summed E-state index contributed by atoms with van der Waals surface area (Å²) in [6.45, 7) is 4.09. The number of aromatic nitrogens is 1. The van der Waals surface area contributed by atoms with E-state index in [-0.39, 0.29) is 11.9 Å². The van der Waals surface area contributed by atoms with Gasteiger partial charge < -0.3 is 15.6 Å². The number of H-pyrrole nitrogens is 1. The van der Waals surface area contributed by atoms with Gasteiger partial charge in [0.15, 0.2) is 0 Å². The number of thiophene rings is 1. The molecule has 2 aromatic rings. The van der Waals surface area contributed by atoms with Gasteiger partial charge in [0.2, 0.25) is 0 Å². The van der Waals surface area contributed by atoms with Gasteiger partial charge in [0.1, 0.15) is 5.69 Å². The normalized spacial score (nSPS) is 12.4. The lowest BCUT2D eigenvalue weighted by atomic mass is 10.2. The van der Waals surface area contributed by atoms with Crippen molar-refractivity contribution >= 4 is 22.9 Å². The first-order chi connectivity index (χ1) is 8.49. The molecule has 0 bridgehead atoms. The van der Waals surface area contributed by atoms with Crippen LogP contribution >= 0.6 is 11.3 Å². The van der Waals surface area contributed by atoms with Gasteiger partial charge in [0.25, 0.3) is 5.91 Å². The van der Waals surface area contributed by atoms with Gasteiger partial charge in [0.05, 0.1) is 6.04 Å². The monoisotopic (exact) mass is 263 g/mol. The molecule has 5 heteroatoms. The van der Waals surface area contributed by atoms with Gasteiger partial charge in [-0.2, -0.15) is 0 Å². The maximum atomic E-state index is 12.2. The first kappa shape index (κ1) is 12.7. The van der Waals surface area contributed by atoms with Crippen molar-refractivity contribution in [3.63, 3.8) is 0 Å². The van der Waals surface area contributed by atoms with Crippen LogP contribution in [-0.2, 0) is 0 Å². The molecule has 2 heterocycles. The maximum absolute atomic E-state index is 12.2. The van der Waals surface area contributed by atoms with Crippen LogP contribution in [0, 0.1) is 6.92 Å². The second-order valence-electron chi connectivity index (χ2n) is 4.39. The van der Waals surface area contributed by atoms with Crippen LogP contribution in [-0.4, -0.2) is 22.8 Å². The van der Waals surface area contributed by atoms with E-state index in [1.807, 2.05) is 6.92 Å². The highest BCUT2D eigenvalue weighted by atomic mass is 32.1. The van der Waals surface area contributed by atoms with Crippen LogP contribution in [0.25, 0.3) is 0 Å². The molecule has 18 heavy (non-hydrogen) atoms. The van der Waals surface area contributed by atoms with Crippen LogP contribution in [0.2, 0.25) is 0 Å². The van der Waals surface area contributed by atoms with Crippen molar-refractivity contribution in [2.45, 2.75) is 19.9 Å². The number of rotatable bonds is 3. The summed E-state index contributed by atoms with van der Waals surface area (Å²) in [5.74, 6) is -0.0507. The summed E-state index contributed by atoms with van der Waals surface area (Å²) in [6.07, 6.45) is 1.63. The topological polar surface area (TPSA) is 62.1 Å². The van der Waals surface area contributed by atoms with Crippen molar-refractivity contribution in [3.05, 3.63) is 39.8 Å². The van der Waals surface area contributed by atoms with E-state index in [4.69, 9.17) is 5.73 Å². The lowest BCUT2D eigenvalue weighted by Crippen LogP contribution is -2.29. The van der Waals surface area contributed by atoms with E-state index >= 15 is 0 Å². The van der Waals surface area contributed by atoms with Crippen LogP contribution in [0.4, 0.5) is 5.69 Å². The first-order valence-electron chi connectivity index (χ1n) is 5.76. The van der Waals surface area contributed by atoms with Crippen LogP contribution in [0.5, 0.6) is 0 Å². The molecular weight excluding hydrogens is 246 g/mol. The van der Waals surface area contributed by atoms with Gasteiger partial charge >= 0.3 is 0 Å². The Balaban J connectivity index is 2.16. The molecule has 0 fully saturated rings. The molecule has 0 saturated carbocycles. The Morgan fingerprint density at radius 2 is 2.22 bits per heavy atom. The molecule has 0 aliphatic heterocycles. The van der Waals surface area contributed by atoms with Crippen LogP contribution in [0.3, 0.4) is 0 Å². The smallest absolute Gasteiger partial charge is 0.270 e. The highest BCUT2D eigenvalue weighted by Gasteiger charge is 2.20. The fourth-order valence-corrected chi connectivity index (χ4v) is 2.74. The van der Waals surface area contributed by atoms with Gasteiger partial charge in [-0.1, -0.05) is 0 Å². The van der Waals surface area contributed by atoms with Gasteiger partial charge in [-0.25, -0.2) is 0 Å². The number of hydrogen-bond donors (Lipinski definition) is 2. The Labute approximate surface area is 110 Å². The third kappa shape index (κ3) is 2.41. The number of aromatic amines is 1. The number of aryl methyl sites for hydroxylation is 1. The summed E-state index contributed by atoms with van der Waals surface area (Å²) in [7, 11) is 1.80. The van der Waals surface area contributed by atoms with E-state index in [1.165, 1.54) is 9.75 Å². The Kier molecular flexibility index (Phi) is 3.43. The van der Waals surface area contributed by atoms with E-state index in [9.17, 15) is 4.79 Å². The van der Waals surface area contributed by atoms with Crippen LogP contribution < -0.4 is 5.73 Å². The SMILES string of the molecule is Cc1ccc(C(C)N(C)C(=O)c2cc(N)c[nH]2)s1. The van der Waals surface area contributed by atoms with Crippen molar-refractivity contribution in [2.24, 2.45) is 0 Å². The molecule has 3 N–H and O–H groups in total. The molecule has 0 aliphatic carbocycles. The Hall–Kier alpha value is -1.75. The fraction of sp³-hybridized carbons (Fsp3) is 0.308. The zero-order chi connectivity index (χ0) is 13.3. The lowest BCUT2D eigenvalue weighted by molar-refractivity contribution is 0.0739. The van der Waals surface area contributed by atoms with Crippen molar-refractivity contribution in [1.82, 2.24) is 9.88 Å². The highest BCUT2D eigenvalue weighted by Crippen LogP contribution is 2.27. The summed E-state index contributed by atoms with van der Waals surface area (Å²) >= 11 is 1.71. The zero-order valence-electron chi connectivity index (χ0n) is 10.7. The molecule has 4 nitrogen and oxygen atoms in total. The predicted molar refractivity (Wildman–Crippen MR) is 74.8 cm³/mol. The number of nitrogens with two attached hydrogens (primary N) is 1. The maximum Gasteiger partial charge on any atom is 0.270 e. The number of nitrogens with one attached hydrogen (secondary N) is 1. The molecular formula is C13H17N3OS. The number of amides is 1. The Morgan fingerprint density at radius 3 is 2.72 bits per heavy atom. The minimum Gasteiger partial charge on any atom is -0.397 e. The van der Waals surface area contributed by atoms with E-state index in [1.54, 1.807) is 35.5 Å². The number of anilines is 1. The van der Waals surface area contributed by atoms with Gasteiger partial charge in [-0.15, -0.1) is 11.3 Å². The zero-order valence-corrected chi connectivity index (χ0v) is 11.5. The second kappa shape index (κ2) is 4.86. The Bertz CT molecular complexity index is 558. The van der Waals surface area contributed by atoms with Crippen molar-refractivity contribution in [1.29, 1.82) is 0 Å². The van der Waals surface area contributed by atoms with E-state index in [2.05, 4.69) is 24.0 Å².